The zero-order valence-electron chi connectivity index (χ0n) is 10.9. The average molecular weight is 253 g/mol. The lowest BCUT2D eigenvalue weighted by Crippen LogP contribution is -2.21. The van der Waals surface area contributed by atoms with E-state index in [1.165, 1.54) is 7.11 Å². The Morgan fingerprint density at radius 1 is 1.56 bits per heavy atom. The first kappa shape index (κ1) is 13.3. The molecule has 1 fully saturated rings. The summed E-state index contributed by atoms with van der Waals surface area (Å²) in [6.45, 7) is 1.60. The topological polar surface area (TPSA) is 30.5 Å². The van der Waals surface area contributed by atoms with Gasteiger partial charge in [0.25, 0.3) is 0 Å². The maximum absolute atomic E-state index is 14.2. The normalized spacial score (nSPS) is 20.9. The van der Waals surface area contributed by atoms with E-state index in [0.717, 1.165) is 26.1 Å². The summed E-state index contributed by atoms with van der Waals surface area (Å²) < 4.78 is 24.6. The molecule has 3 nitrogen and oxygen atoms in total. The highest BCUT2D eigenvalue weighted by molar-refractivity contribution is 5.33. The van der Waals surface area contributed by atoms with Crippen molar-refractivity contribution in [3.05, 3.63) is 29.6 Å². The summed E-state index contributed by atoms with van der Waals surface area (Å²) in [5.74, 6) is 0.543. The Bertz CT molecular complexity index is 391. The molecular formula is C14H20FNO2. The molecule has 2 atom stereocenters. The van der Waals surface area contributed by atoms with Gasteiger partial charge in [0.05, 0.1) is 7.11 Å². The van der Waals surface area contributed by atoms with Gasteiger partial charge in [-0.05, 0) is 31.9 Å². The van der Waals surface area contributed by atoms with Crippen LogP contribution in [0.15, 0.2) is 18.2 Å². The van der Waals surface area contributed by atoms with Crippen LogP contribution in [-0.4, -0.2) is 27.4 Å². The zero-order valence-corrected chi connectivity index (χ0v) is 10.9. The fourth-order valence-corrected chi connectivity index (χ4v) is 2.46. The van der Waals surface area contributed by atoms with Crippen LogP contribution in [0.25, 0.3) is 0 Å². The highest BCUT2D eigenvalue weighted by atomic mass is 19.1. The first-order chi connectivity index (χ1) is 8.76. The molecule has 100 valence electrons. The number of methoxy groups -OCH3 is 1. The maximum atomic E-state index is 14.2. The molecule has 0 radical (unpaired) electrons. The molecule has 0 saturated carbocycles. The van der Waals surface area contributed by atoms with Gasteiger partial charge in [-0.1, -0.05) is 12.1 Å². The lowest BCUT2D eigenvalue weighted by atomic mass is 9.94. The SMILES string of the molecule is CNC(CC1CCOC1)c1cccc(OC)c1F. The highest BCUT2D eigenvalue weighted by Crippen LogP contribution is 2.30. The fourth-order valence-electron chi connectivity index (χ4n) is 2.46. The van der Waals surface area contributed by atoms with Crippen molar-refractivity contribution in [3.63, 3.8) is 0 Å². The van der Waals surface area contributed by atoms with Crippen LogP contribution in [0.4, 0.5) is 4.39 Å². The molecule has 1 N–H and O–H groups in total. The largest absolute Gasteiger partial charge is 0.494 e. The number of hydrogen-bond acceptors (Lipinski definition) is 3. The number of rotatable bonds is 5. The van der Waals surface area contributed by atoms with E-state index in [1.54, 1.807) is 6.07 Å². The van der Waals surface area contributed by atoms with Crippen molar-refractivity contribution in [2.75, 3.05) is 27.4 Å². The summed E-state index contributed by atoms with van der Waals surface area (Å²) >= 11 is 0. The molecule has 1 aromatic rings. The number of ether oxygens (including phenoxy) is 2. The minimum Gasteiger partial charge on any atom is -0.494 e. The number of benzene rings is 1. The Morgan fingerprint density at radius 3 is 3.00 bits per heavy atom. The summed E-state index contributed by atoms with van der Waals surface area (Å²) in [4.78, 5) is 0. The van der Waals surface area contributed by atoms with Gasteiger partial charge in [0.1, 0.15) is 0 Å². The molecular weight excluding hydrogens is 233 g/mol. The minimum atomic E-state index is -0.265. The van der Waals surface area contributed by atoms with Crippen molar-refractivity contribution < 1.29 is 13.9 Å². The van der Waals surface area contributed by atoms with Crippen molar-refractivity contribution in [1.82, 2.24) is 5.32 Å². The van der Waals surface area contributed by atoms with Gasteiger partial charge >= 0.3 is 0 Å². The van der Waals surface area contributed by atoms with E-state index in [0.29, 0.717) is 17.2 Å². The van der Waals surface area contributed by atoms with Gasteiger partial charge in [-0.3, -0.25) is 0 Å². The summed E-state index contributed by atoms with van der Waals surface area (Å²) in [7, 11) is 3.35. The third-order valence-electron chi connectivity index (χ3n) is 3.53. The monoisotopic (exact) mass is 253 g/mol. The first-order valence-electron chi connectivity index (χ1n) is 6.33. The first-order valence-corrected chi connectivity index (χ1v) is 6.33. The molecule has 0 bridgehead atoms. The van der Waals surface area contributed by atoms with Crippen molar-refractivity contribution in [3.8, 4) is 5.75 Å². The number of halogens is 1. The van der Waals surface area contributed by atoms with Gasteiger partial charge in [-0.2, -0.15) is 0 Å². The molecule has 0 amide bonds. The zero-order chi connectivity index (χ0) is 13.0. The molecule has 4 heteroatoms. The molecule has 1 aliphatic rings. The molecule has 0 aromatic heterocycles. The molecule has 1 aliphatic heterocycles. The van der Waals surface area contributed by atoms with Crippen LogP contribution in [0.1, 0.15) is 24.4 Å². The van der Waals surface area contributed by atoms with Gasteiger partial charge in [0, 0.05) is 24.8 Å². The molecule has 18 heavy (non-hydrogen) atoms. The third kappa shape index (κ3) is 2.82. The second-order valence-electron chi connectivity index (χ2n) is 4.67. The Kier molecular flexibility index (Phi) is 4.55. The van der Waals surface area contributed by atoms with Gasteiger partial charge < -0.3 is 14.8 Å². The van der Waals surface area contributed by atoms with E-state index in [-0.39, 0.29) is 11.9 Å². The van der Waals surface area contributed by atoms with Gasteiger partial charge in [0.15, 0.2) is 11.6 Å². The Morgan fingerprint density at radius 2 is 2.39 bits per heavy atom. The van der Waals surface area contributed by atoms with Crippen LogP contribution in [0, 0.1) is 11.7 Å². The fraction of sp³-hybridized carbons (Fsp3) is 0.571. The smallest absolute Gasteiger partial charge is 0.169 e. The van der Waals surface area contributed by atoms with E-state index in [2.05, 4.69) is 5.32 Å². The minimum absolute atomic E-state index is 0.00630. The lowest BCUT2D eigenvalue weighted by Gasteiger charge is -2.21. The molecule has 1 saturated heterocycles. The number of hydrogen-bond donors (Lipinski definition) is 1. The second kappa shape index (κ2) is 6.16. The third-order valence-corrected chi connectivity index (χ3v) is 3.53. The molecule has 0 spiro atoms. The van der Waals surface area contributed by atoms with Crippen LogP contribution in [0.2, 0.25) is 0 Å². The van der Waals surface area contributed by atoms with Crippen LogP contribution in [-0.2, 0) is 4.74 Å². The average Bonchev–Trinajstić information content (AvgIpc) is 2.89. The maximum Gasteiger partial charge on any atom is 0.169 e. The van der Waals surface area contributed by atoms with Crippen molar-refractivity contribution in [2.24, 2.45) is 5.92 Å². The highest BCUT2D eigenvalue weighted by Gasteiger charge is 2.23. The number of nitrogens with one attached hydrogen (secondary N) is 1. The molecule has 0 aliphatic carbocycles. The summed E-state index contributed by atoms with van der Waals surface area (Å²) in [6, 6.07) is 5.29. The Labute approximate surface area is 107 Å². The van der Waals surface area contributed by atoms with Crippen molar-refractivity contribution >= 4 is 0 Å². The van der Waals surface area contributed by atoms with Gasteiger partial charge in [0.2, 0.25) is 0 Å². The van der Waals surface area contributed by atoms with Crippen molar-refractivity contribution in [2.45, 2.75) is 18.9 Å². The van der Waals surface area contributed by atoms with Crippen LogP contribution in [0.5, 0.6) is 5.75 Å². The van der Waals surface area contributed by atoms with Gasteiger partial charge in [-0.25, -0.2) is 4.39 Å². The van der Waals surface area contributed by atoms with Crippen LogP contribution < -0.4 is 10.1 Å². The molecule has 2 rings (SSSR count). The van der Waals surface area contributed by atoms with Crippen LogP contribution >= 0.6 is 0 Å². The lowest BCUT2D eigenvalue weighted by molar-refractivity contribution is 0.181. The quantitative estimate of drug-likeness (QED) is 0.874. The predicted molar refractivity (Wildman–Crippen MR) is 68.3 cm³/mol. The predicted octanol–water partition coefficient (Wildman–Crippen LogP) is 2.52. The second-order valence-corrected chi connectivity index (χ2v) is 4.67. The Hall–Kier alpha value is -1.13. The molecule has 1 aromatic carbocycles. The van der Waals surface area contributed by atoms with E-state index >= 15 is 0 Å². The van der Waals surface area contributed by atoms with E-state index in [9.17, 15) is 4.39 Å². The molecule has 2 unspecified atom stereocenters. The standard InChI is InChI=1S/C14H20FNO2/c1-16-12(8-10-6-7-18-9-10)11-4-3-5-13(17-2)14(11)15/h3-5,10,12,16H,6-9H2,1-2H3. The van der Waals surface area contributed by atoms with E-state index < -0.39 is 0 Å². The molecule has 1 heterocycles. The Balaban J connectivity index is 2.15. The summed E-state index contributed by atoms with van der Waals surface area (Å²) in [5, 5.41) is 3.19. The van der Waals surface area contributed by atoms with Crippen molar-refractivity contribution in [1.29, 1.82) is 0 Å². The van der Waals surface area contributed by atoms with E-state index in [4.69, 9.17) is 9.47 Å². The van der Waals surface area contributed by atoms with E-state index in [1.807, 2.05) is 19.2 Å². The summed E-state index contributed by atoms with van der Waals surface area (Å²) in [6.07, 6.45) is 1.95. The van der Waals surface area contributed by atoms with Crippen LogP contribution in [0.3, 0.4) is 0 Å². The summed E-state index contributed by atoms with van der Waals surface area (Å²) in [5.41, 5.74) is 0.670. The van der Waals surface area contributed by atoms with Gasteiger partial charge in [-0.15, -0.1) is 0 Å².